The van der Waals surface area contributed by atoms with Crippen molar-refractivity contribution < 1.29 is 27.5 Å². The van der Waals surface area contributed by atoms with Gasteiger partial charge in [-0.15, -0.1) is 0 Å². The van der Waals surface area contributed by atoms with Gasteiger partial charge in [0.25, 0.3) is 5.91 Å². The Morgan fingerprint density at radius 2 is 2.03 bits per heavy atom. The number of aryl methyl sites for hydroxylation is 1. The molecule has 1 aromatic carbocycles. The molecule has 3 heterocycles. The third-order valence-corrected chi connectivity index (χ3v) is 8.12. The fraction of sp³-hybridized carbons (Fsp3) is 0.619. The van der Waals surface area contributed by atoms with Gasteiger partial charge in [-0.3, -0.25) is 14.5 Å². The first-order valence-corrected chi connectivity index (χ1v) is 12.4. The fourth-order valence-electron chi connectivity index (χ4n) is 4.31. The van der Waals surface area contributed by atoms with Crippen LogP contribution in [0.25, 0.3) is 0 Å². The normalized spacial score (nSPS) is 22.5. The van der Waals surface area contributed by atoms with E-state index in [0.717, 1.165) is 19.6 Å². The molecule has 2 amide bonds. The number of carbonyl (C=O) groups excluding carboxylic acids is 2. The fourth-order valence-corrected chi connectivity index (χ4v) is 6.06. The van der Waals surface area contributed by atoms with Gasteiger partial charge in [0.05, 0.1) is 29.7 Å². The highest BCUT2D eigenvalue weighted by atomic mass is 32.2. The highest BCUT2D eigenvalue weighted by Gasteiger charge is 2.35. The summed E-state index contributed by atoms with van der Waals surface area (Å²) >= 11 is 0. The van der Waals surface area contributed by atoms with Gasteiger partial charge in [-0.05, 0) is 31.4 Å². The first kappa shape index (κ1) is 23.0. The quantitative estimate of drug-likeness (QED) is 0.614. The van der Waals surface area contributed by atoms with Crippen molar-refractivity contribution in [3.8, 4) is 5.75 Å². The van der Waals surface area contributed by atoms with E-state index in [1.54, 1.807) is 13.0 Å². The Bertz CT molecular complexity index is 977. The van der Waals surface area contributed by atoms with Crippen molar-refractivity contribution >= 4 is 27.5 Å². The van der Waals surface area contributed by atoms with Crippen LogP contribution in [-0.4, -0.2) is 88.5 Å². The number of sulfonamides is 1. The monoisotopic (exact) mass is 466 g/mol. The molecule has 2 saturated heterocycles. The maximum absolute atomic E-state index is 13.4. The minimum Gasteiger partial charge on any atom is -0.482 e. The van der Waals surface area contributed by atoms with E-state index in [9.17, 15) is 18.0 Å². The Balaban J connectivity index is 1.40. The topological polar surface area (TPSA) is 117 Å². The van der Waals surface area contributed by atoms with Crippen LogP contribution < -0.4 is 15.4 Å². The molecule has 0 radical (unpaired) electrons. The summed E-state index contributed by atoms with van der Waals surface area (Å²) in [5.41, 5.74) is 0.987. The van der Waals surface area contributed by atoms with E-state index in [1.165, 1.54) is 10.4 Å². The lowest BCUT2D eigenvalue weighted by molar-refractivity contribution is -0.126. The van der Waals surface area contributed by atoms with Crippen molar-refractivity contribution in [2.75, 3.05) is 64.4 Å². The highest BCUT2D eigenvalue weighted by molar-refractivity contribution is 7.89. The van der Waals surface area contributed by atoms with Crippen molar-refractivity contribution in [3.63, 3.8) is 0 Å². The van der Waals surface area contributed by atoms with Gasteiger partial charge in [0, 0.05) is 45.3 Å². The molecule has 0 saturated carbocycles. The van der Waals surface area contributed by atoms with E-state index in [-0.39, 0.29) is 35.8 Å². The Labute approximate surface area is 188 Å². The molecular formula is C21H30N4O6S. The SMILES string of the molecule is Cc1cc2c(cc1S(=O)(=O)N1CCC[C@@H](C(=O)NCCN3CCOCC3)C1)OCC(=O)N2. The smallest absolute Gasteiger partial charge is 0.262 e. The van der Waals surface area contributed by atoms with E-state index in [4.69, 9.17) is 9.47 Å². The summed E-state index contributed by atoms with van der Waals surface area (Å²) in [6, 6.07) is 3.07. The van der Waals surface area contributed by atoms with Crippen LogP contribution in [0.3, 0.4) is 0 Å². The molecule has 0 bridgehead atoms. The van der Waals surface area contributed by atoms with E-state index in [1.807, 2.05) is 0 Å². The number of morpholine rings is 1. The average molecular weight is 467 g/mol. The first-order chi connectivity index (χ1) is 15.3. The summed E-state index contributed by atoms with van der Waals surface area (Å²) < 4.78 is 38.9. The molecule has 0 aromatic heterocycles. The summed E-state index contributed by atoms with van der Waals surface area (Å²) in [7, 11) is -3.81. The molecular weight excluding hydrogens is 436 g/mol. The zero-order valence-corrected chi connectivity index (χ0v) is 19.1. The van der Waals surface area contributed by atoms with Crippen LogP contribution in [0, 0.1) is 12.8 Å². The second kappa shape index (κ2) is 9.74. The Kier molecular flexibility index (Phi) is 6.99. The zero-order chi connectivity index (χ0) is 22.7. The number of nitrogens with zero attached hydrogens (tertiary/aromatic N) is 2. The minimum absolute atomic E-state index is 0.105. The van der Waals surface area contributed by atoms with Crippen molar-refractivity contribution in [2.45, 2.75) is 24.7 Å². The molecule has 32 heavy (non-hydrogen) atoms. The number of nitrogens with one attached hydrogen (secondary N) is 2. The van der Waals surface area contributed by atoms with Gasteiger partial charge in [-0.25, -0.2) is 8.42 Å². The largest absolute Gasteiger partial charge is 0.482 e. The minimum atomic E-state index is -3.81. The first-order valence-electron chi connectivity index (χ1n) is 11.0. The van der Waals surface area contributed by atoms with Gasteiger partial charge in [-0.2, -0.15) is 4.31 Å². The number of hydrogen-bond acceptors (Lipinski definition) is 7. The van der Waals surface area contributed by atoms with Gasteiger partial charge >= 0.3 is 0 Å². The lowest BCUT2D eigenvalue weighted by Gasteiger charge is -2.32. The second-order valence-corrected chi connectivity index (χ2v) is 10.3. The van der Waals surface area contributed by atoms with Crippen LogP contribution in [0.4, 0.5) is 5.69 Å². The molecule has 2 N–H and O–H groups in total. The third kappa shape index (κ3) is 5.06. The standard InChI is InChI=1S/C21H30N4O6S/c1-15-11-17-18(31-14-20(26)23-17)12-19(15)32(28,29)25-5-2-3-16(13-25)21(27)22-4-6-24-7-9-30-10-8-24/h11-12,16H,2-10,13-14H2,1H3,(H,22,27)(H,23,26)/t16-/m1/s1. The second-order valence-electron chi connectivity index (χ2n) is 8.40. The number of rotatable bonds is 6. The Hall–Kier alpha value is -2.21. The lowest BCUT2D eigenvalue weighted by atomic mass is 9.99. The predicted octanol–water partition coefficient (Wildman–Crippen LogP) is 0.175. The van der Waals surface area contributed by atoms with Crippen LogP contribution in [0.5, 0.6) is 5.75 Å². The molecule has 0 spiro atoms. The number of piperidine rings is 1. The molecule has 3 aliphatic heterocycles. The van der Waals surface area contributed by atoms with Gasteiger partial charge in [-0.1, -0.05) is 0 Å². The van der Waals surface area contributed by atoms with Crippen LogP contribution in [0.15, 0.2) is 17.0 Å². The average Bonchev–Trinajstić information content (AvgIpc) is 2.79. The number of amides is 2. The molecule has 10 nitrogen and oxygen atoms in total. The molecule has 176 valence electrons. The summed E-state index contributed by atoms with van der Waals surface area (Å²) in [5, 5.41) is 5.65. The highest BCUT2D eigenvalue weighted by Crippen LogP contribution is 2.35. The van der Waals surface area contributed by atoms with Crippen LogP contribution in [-0.2, 0) is 24.3 Å². The third-order valence-electron chi connectivity index (χ3n) is 6.11. The van der Waals surface area contributed by atoms with Gasteiger partial charge in [0.15, 0.2) is 6.61 Å². The van der Waals surface area contributed by atoms with Crippen molar-refractivity contribution in [3.05, 3.63) is 17.7 Å². The van der Waals surface area contributed by atoms with E-state index < -0.39 is 10.0 Å². The van der Waals surface area contributed by atoms with Crippen LogP contribution in [0.1, 0.15) is 18.4 Å². The van der Waals surface area contributed by atoms with E-state index in [0.29, 0.717) is 56.1 Å². The molecule has 11 heteroatoms. The molecule has 0 aliphatic carbocycles. The summed E-state index contributed by atoms with van der Waals surface area (Å²) in [4.78, 5) is 26.6. The van der Waals surface area contributed by atoms with Crippen molar-refractivity contribution in [1.82, 2.24) is 14.5 Å². The Morgan fingerprint density at radius 1 is 1.25 bits per heavy atom. The van der Waals surface area contributed by atoms with Crippen molar-refractivity contribution in [1.29, 1.82) is 0 Å². The number of ether oxygens (including phenoxy) is 2. The summed E-state index contributed by atoms with van der Waals surface area (Å²) in [6.07, 6.45) is 1.28. The van der Waals surface area contributed by atoms with Crippen LogP contribution >= 0.6 is 0 Å². The van der Waals surface area contributed by atoms with Crippen LogP contribution in [0.2, 0.25) is 0 Å². The number of benzene rings is 1. The molecule has 1 aromatic rings. The number of anilines is 1. The van der Waals surface area contributed by atoms with E-state index in [2.05, 4.69) is 15.5 Å². The maximum atomic E-state index is 13.4. The predicted molar refractivity (Wildman–Crippen MR) is 117 cm³/mol. The number of hydrogen-bond donors (Lipinski definition) is 2. The van der Waals surface area contributed by atoms with Gasteiger partial charge < -0.3 is 20.1 Å². The zero-order valence-electron chi connectivity index (χ0n) is 18.3. The summed E-state index contributed by atoms with van der Waals surface area (Å²) in [6.45, 7) is 6.50. The molecule has 0 unspecified atom stereocenters. The maximum Gasteiger partial charge on any atom is 0.262 e. The van der Waals surface area contributed by atoms with Gasteiger partial charge in [0.1, 0.15) is 5.75 Å². The molecule has 4 rings (SSSR count). The number of fused-ring (bicyclic) bond motifs is 1. The Morgan fingerprint density at radius 3 is 2.81 bits per heavy atom. The molecule has 2 fully saturated rings. The molecule has 1 atom stereocenters. The lowest BCUT2D eigenvalue weighted by Crippen LogP contribution is -2.47. The number of carbonyl (C=O) groups is 2. The summed E-state index contributed by atoms with van der Waals surface area (Å²) in [5.74, 6) is -0.419. The molecule has 3 aliphatic rings. The van der Waals surface area contributed by atoms with E-state index >= 15 is 0 Å². The van der Waals surface area contributed by atoms with Crippen molar-refractivity contribution in [2.24, 2.45) is 5.92 Å². The van der Waals surface area contributed by atoms with Gasteiger partial charge in [0.2, 0.25) is 15.9 Å².